The van der Waals surface area contributed by atoms with Crippen LogP contribution in [0.3, 0.4) is 0 Å². The first-order valence-electron chi connectivity index (χ1n) is 7.15. The Morgan fingerprint density at radius 3 is 2.35 bits per heavy atom. The van der Waals surface area contributed by atoms with Crippen LogP contribution in [0, 0.1) is 0 Å². The zero-order chi connectivity index (χ0) is 14.7. The minimum absolute atomic E-state index is 0.269. The molecule has 20 heavy (non-hydrogen) atoms. The average Bonchev–Trinajstić information content (AvgIpc) is 2.37. The highest BCUT2D eigenvalue weighted by Crippen LogP contribution is 2.18. The largest absolute Gasteiger partial charge is 0.481 e. The van der Waals surface area contributed by atoms with Crippen LogP contribution in [-0.4, -0.2) is 41.3 Å². The van der Waals surface area contributed by atoms with E-state index in [1.165, 1.54) is 5.56 Å². The molecule has 1 aromatic rings. The second-order valence-electron chi connectivity index (χ2n) is 5.75. The fraction of sp³-hybridized carbons (Fsp3) is 0.562. The zero-order valence-electron chi connectivity index (χ0n) is 12.4. The number of nitrogens with zero attached hydrogens (tertiary/aromatic N) is 1. The topological polar surface area (TPSA) is 49.8 Å². The van der Waals surface area contributed by atoms with Crippen LogP contribution in [0.2, 0.25) is 0 Å². The highest BCUT2D eigenvalue weighted by molar-refractivity contribution is 5.75. The molecule has 0 aliphatic carbocycles. The second-order valence-corrected chi connectivity index (χ2v) is 5.75. The molecule has 1 aromatic carbocycles. The summed E-state index contributed by atoms with van der Waals surface area (Å²) >= 11 is 0. The second kappa shape index (κ2) is 6.37. The maximum Gasteiger partial charge on any atom is 0.310 e. The Morgan fingerprint density at radius 1 is 1.30 bits per heavy atom. The van der Waals surface area contributed by atoms with E-state index in [4.69, 9.17) is 9.84 Å². The number of carboxylic acids is 1. The summed E-state index contributed by atoms with van der Waals surface area (Å²) in [5.74, 6) is -1.24. The first kappa shape index (κ1) is 15.0. The van der Waals surface area contributed by atoms with Crippen LogP contribution < -0.4 is 0 Å². The van der Waals surface area contributed by atoms with Crippen molar-refractivity contribution >= 4 is 5.97 Å². The minimum atomic E-state index is -0.784. The van der Waals surface area contributed by atoms with Crippen molar-refractivity contribution in [2.45, 2.75) is 45.4 Å². The standard InChI is InChI=1S/C16H23NO3/c1-11-8-17(9-12(2)20-11)10-14-4-6-15(7-5-14)13(3)16(18)19/h4-7,11-13H,8-10H2,1-3H3,(H,18,19)/t11-,12+,13?. The van der Waals surface area contributed by atoms with Crippen molar-refractivity contribution in [3.05, 3.63) is 35.4 Å². The number of ether oxygens (including phenoxy) is 1. The number of rotatable bonds is 4. The summed E-state index contributed by atoms with van der Waals surface area (Å²) in [5, 5.41) is 9.00. The van der Waals surface area contributed by atoms with Crippen molar-refractivity contribution in [2.75, 3.05) is 13.1 Å². The molecule has 1 aliphatic rings. The van der Waals surface area contributed by atoms with Crippen molar-refractivity contribution < 1.29 is 14.6 Å². The van der Waals surface area contributed by atoms with Crippen LogP contribution in [0.5, 0.6) is 0 Å². The molecule has 4 heteroatoms. The molecule has 1 unspecified atom stereocenters. The lowest BCUT2D eigenvalue weighted by atomic mass is 10.00. The van der Waals surface area contributed by atoms with Crippen LogP contribution in [-0.2, 0) is 16.1 Å². The van der Waals surface area contributed by atoms with Crippen LogP contribution in [0.1, 0.15) is 37.8 Å². The summed E-state index contributed by atoms with van der Waals surface area (Å²) in [7, 11) is 0. The van der Waals surface area contributed by atoms with Gasteiger partial charge in [-0.15, -0.1) is 0 Å². The predicted octanol–water partition coefficient (Wildman–Crippen LogP) is 2.48. The van der Waals surface area contributed by atoms with Gasteiger partial charge in [-0.3, -0.25) is 9.69 Å². The molecule has 2 rings (SSSR count). The van der Waals surface area contributed by atoms with Crippen molar-refractivity contribution in [3.63, 3.8) is 0 Å². The first-order chi connectivity index (χ1) is 9.45. The molecule has 1 N–H and O–H groups in total. The number of carboxylic acid groups (broad SMARTS) is 1. The Morgan fingerprint density at radius 2 is 1.85 bits per heavy atom. The van der Waals surface area contributed by atoms with Gasteiger partial charge in [0, 0.05) is 19.6 Å². The van der Waals surface area contributed by atoms with E-state index in [2.05, 4.69) is 18.7 Å². The molecule has 0 radical (unpaired) electrons. The number of morpholine rings is 1. The van der Waals surface area contributed by atoms with Crippen molar-refractivity contribution in [2.24, 2.45) is 0 Å². The SMILES string of the molecule is CC(C(=O)O)c1ccc(CN2C[C@@H](C)O[C@@H](C)C2)cc1. The van der Waals surface area contributed by atoms with Crippen molar-refractivity contribution in [1.29, 1.82) is 0 Å². The van der Waals surface area contributed by atoms with Gasteiger partial charge in [-0.1, -0.05) is 24.3 Å². The van der Waals surface area contributed by atoms with Crippen LogP contribution in [0.4, 0.5) is 0 Å². The molecule has 1 heterocycles. The Hall–Kier alpha value is -1.39. The molecule has 0 bridgehead atoms. The molecular weight excluding hydrogens is 254 g/mol. The lowest BCUT2D eigenvalue weighted by Crippen LogP contribution is -2.44. The Labute approximate surface area is 120 Å². The van der Waals surface area contributed by atoms with Gasteiger partial charge in [0.25, 0.3) is 0 Å². The van der Waals surface area contributed by atoms with E-state index < -0.39 is 11.9 Å². The average molecular weight is 277 g/mol. The number of benzene rings is 1. The van der Waals surface area contributed by atoms with Crippen LogP contribution in [0.15, 0.2) is 24.3 Å². The van der Waals surface area contributed by atoms with Gasteiger partial charge >= 0.3 is 5.97 Å². The number of hydrogen-bond donors (Lipinski definition) is 1. The number of carbonyl (C=O) groups is 1. The Balaban J connectivity index is 1.98. The Bertz CT molecular complexity index is 447. The molecule has 3 atom stereocenters. The van der Waals surface area contributed by atoms with E-state index in [1.807, 2.05) is 24.3 Å². The van der Waals surface area contributed by atoms with Gasteiger partial charge in [-0.05, 0) is 31.9 Å². The van der Waals surface area contributed by atoms with E-state index in [9.17, 15) is 4.79 Å². The summed E-state index contributed by atoms with van der Waals surface area (Å²) in [6, 6.07) is 7.89. The lowest BCUT2D eigenvalue weighted by molar-refractivity contribution is -0.138. The number of hydrogen-bond acceptors (Lipinski definition) is 3. The van der Waals surface area contributed by atoms with E-state index in [1.54, 1.807) is 6.92 Å². The monoisotopic (exact) mass is 277 g/mol. The van der Waals surface area contributed by atoms with Crippen molar-refractivity contribution in [3.8, 4) is 0 Å². The highest BCUT2D eigenvalue weighted by Gasteiger charge is 2.22. The summed E-state index contributed by atoms with van der Waals surface area (Å²) in [6.07, 6.45) is 0.537. The van der Waals surface area contributed by atoms with E-state index in [0.717, 1.165) is 25.2 Å². The van der Waals surface area contributed by atoms with E-state index >= 15 is 0 Å². The van der Waals surface area contributed by atoms with Gasteiger partial charge in [0.2, 0.25) is 0 Å². The van der Waals surface area contributed by atoms with Crippen LogP contribution in [0.25, 0.3) is 0 Å². The number of aliphatic carboxylic acids is 1. The van der Waals surface area contributed by atoms with Gasteiger partial charge in [-0.25, -0.2) is 0 Å². The molecule has 4 nitrogen and oxygen atoms in total. The third kappa shape index (κ3) is 3.81. The van der Waals surface area contributed by atoms with Crippen LogP contribution >= 0.6 is 0 Å². The molecule has 0 amide bonds. The maximum atomic E-state index is 11.0. The summed E-state index contributed by atoms with van der Waals surface area (Å²) in [5.41, 5.74) is 2.07. The third-order valence-corrected chi connectivity index (χ3v) is 3.75. The summed E-state index contributed by atoms with van der Waals surface area (Å²) in [6.45, 7) is 8.68. The fourth-order valence-corrected chi connectivity index (χ4v) is 2.73. The van der Waals surface area contributed by atoms with Gasteiger partial charge in [0.1, 0.15) is 0 Å². The Kier molecular flexibility index (Phi) is 4.78. The smallest absolute Gasteiger partial charge is 0.310 e. The molecule has 1 saturated heterocycles. The molecular formula is C16H23NO3. The maximum absolute atomic E-state index is 11.0. The molecule has 0 spiro atoms. The molecule has 110 valence electrons. The van der Waals surface area contributed by atoms with Crippen molar-refractivity contribution in [1.82, 2.24) is 4.90 Å². The highest BCUT2D eigenvalue weighted by atomic mass is 16.5. The third-order valence-electron chi connectivity index (χ3n) is 3.75. The lowest BCUT2D eigenvalue weighted by Gasteiger charge is -2.35. The predicted molar refractivity (Wildman–Crippen MR) is 77.8 cm³/mol. The fourth-order valence-electron chi connectivity index (χ4n) is 2.73. The van der Waals surface area contributed by atoms with Gasteiger partial charge < -0.3 is 9.84 Å². The molecule has 0 saturated carbocycles. The molecule has 0 aromatic heterocycles. The minimum Gasteiger partial charge on any atom is -0.481 e. The van der Waals surface area contributed by atoms with Gasteiger partial charge in [-0.2, -0.15) is 0 Å². The van der Waals surface area contributed by atoms with Gasteiger partial charge in [0.05, 0.1) is 18.1 Å². The zero-order valence-corrected chi connectivity index (χ0v) is 12.4. The molecule has 1 aliphatic heterocycles. The first-order valence-corrected chi connectivity index (χ1v) is 7.15. The summed E-state index contributed by atoms with van der Waals surface area (Å²) in [4.78, 5) is 13.3. The molecule has 1 fully saturated rings. The normalized spacial score (nSPS) is 25.4. The van der Waals surface area contributed by atoms with E-state index in [0.29, 0.717) is 0 Å². The summed E-state index contributed by atoms with van der Waals surface area (Å²) < 4.78 is 5.72. The van der Waals surface area contributed by atoms with E-state index in [-0.39, 0.29) is 12.2 Å². The quantitative estimate of drug-likeness (QED) is 0.918. The van der Waals surface area contributed by atoms with Gasteiger partial charge in [0.15, 0.2) is 0 Å².